The lowest BCUT2D eigenvalue weighted by Crippen LogP contribution is -2.44. The summed E-state index contributed by atoms with van der Waals surface area (Å²) in [4.78, 5) is 25.5. The number of nitrogens with zero attached hydrogens (tertiary/aromatic N) is 1. The fraction of sp³-hybridized carbons (Fsp3) is 0.600. The normalized spacial score (nSPS) is 19.4. The van der Waals surface area contributed by atoms with Gasteiger partial charge in [0.15, 0.2) is 0 Å². The molecule has 5 heteroatoms. The summed E-state index contributed by atoms with van der Waals surface area (Å²) in [5.74, 6) is -0.221. The zero-order valence-electron chi connectivity index (χ0n) is 15.7. The smallest absolute Gasteiger partial charge is 0.320 e. The van der Waals surface area contributed by atoms with E-state index in [0.29, 0.717) is 18.9 Å². The predicted octanol–water partition coefficient (Wildman–Crippen LogP) is 3.17. The number of carboxylic acids is 1. The van der Waals surface area contributed by atoms with Crippen molar-refractivity contribution in [2.24, 2.45) is 5.92 Å². The van der Waals surface area contributed by atoms with E-state index in [-0.39, 0.29) is 24.4 Å². The van der Waals surface area contributed by atoms with Crippen LogP contribution in [0.2, 0.25) is 0 Å². The molecular formula is C20H30N2O3. The third-order valence-corrected chi connectivity index (χ3v) is 4.94. The lowest BCUT2D eigenvalue weighted by Gasteiger charge is -2.26. The molecule has 0 spiro atoms. The molecule has 0 bridgehead atoms. The monoisotopic (exact) mass is 346 g/mol. The first kappa shape index (κ1) is 19.4. The van der Waals surface area contributed by atoms with Crippen molar-refractivity contribution in [3.8, 4) is 0 Å². The molecule has 1 aromatic carbocycles. The van der Waals surface area contributed by atoms with Gasteiger partial charge in [-0.15, -0.1) is 0 Å². The Morgan fingerprint density at radius 2 is 1.76 bits per heavy atom. The summed E-state index contributed by atoms with van der Waals surface area (Å²) in [7, 11) is 0. The van der Waals surface area contributed by atoms with Crippen molar-refractivity contribution in [2.75, 3.05) is 13.1 Å². The van der Waals surface area contributed by atoms with E-state index in [1.165, 1.54) is 5.56 Å². The van der Waals surface area contributed by atoms with E-state index in [1.807, 2.05) is 0 Å². The molecule has 138 valence electrons. The van der Waals surface area contributed by atoms with Gasteiger partial charge < -0.3 is 10.4 Å². The number of hydrogen-bond acceptors (Lipinski definition) is 3. The molecule has 0 radical (unpaired) electrons. The van der Waals surface area contributed by atoms with Gasteiger partial charge in [0.25, 0.3) is 0 Å². The summed E-state index contributed by atoms with van der Waals surface area (Å²) in [6, 6.07) is 7.78. The fourth-order valence-corrected chi connectivity index (χ4v) is 3.42. The van der Waals surface area contributed by atoms with Gasteiger partial charge >= 0.3 is 5.97 Å². The van der Waals surface area contributed by atoms with Crippen LogP contribution in [-0.2, 0) is 9.59 Å². The molecular weight excluding hydrogens is 316 g/mol. The second-order valence-corrected chi connectivity index (χ2v) is 7.58. The van der Waals surface area contributed by atoms with Crippen LogP contribution in [0.25, 0.3) is 0 Å². The van der Waals surface area contributed by atoms with Crippen LogP contribution in [0.4, 0.5) is 0 Å². The van der Waals surface area contributed by atoms with Gasteiger partial charge in [-0.25, -0.2) is 0 Å². The lowest BCUT2D eigenvalue weighted by molar-refractivity contribution is -0.142. The Bertz CT molecular complexity index is 595. The van der Waals surface area contributed by atoms with Gasteiger partial charge in [0.1, 0.15) is 6.04 Å². The van der Waals surface area contributed by atoms with E-state index in [1.54, 1.807) is 4.90 Å². The summed E-state index contributed by atoms with van der Waals surface area (Å²) < 4.78 is 0. The van der Waals surface area contributed by atoms with Crippen molar-refractivity contribution in [3.63, 3.8) is 0 Å². The minimum atomic E-state index is -0.838. The molecule has 1 amide bonds. The Kier molecular flexibility index (Phi) is 6.59. The average Bonchev–Trinajstić information content (AvgIpc) is 3.00. The predicted molar refractivity (Wildman–Crippen MR) is 98.5 cm³/mol. The Morgan fingerprint density at radius 1 is 1.16 bits per heavy atom. The van der Waals surface area contributed by atoms with Crippen LogP contribution in [0, 0.1) is 5.92 Å². The topological polar surface area (TPSA) is 69.6 Å². The summed E-state index contributed by atoms with van der Waals surface area (Å²) in [5, 5.41) is 12.3. The number of carbonyl (C=O) groups excluding carboxylic acids is 1. The van der Waals surface area contributed by atoms with Gasteiger partial charge in [-0.3, -0.25) is 14.5 Å². The fourth-order valence-electron chi connectivity index (χ4n) is 3.42. The van der Waals surface area contributed by atoms with E-state index < -0.39 is 12.0 Å². The summed E-state index contributed by atoms with van der Waals surface area (Å²) in [6.45, 7) is 9.29. The minimum Gasteiger partial charge on any atom is -0.480 e. The number of benzene rings is 1. The highest BCUT2D eigenvalue weighted by Gasteiger charge is 2.32. The zero-order chi connectivity index (χ0) is 18.6. The molecule has 1 aromatic rings. The quantitative estimate of drug-likeness (QED) is 0.796. The second-order valence-electron chi connectivity index (χ2n) is 7.58. The zero-order valence-corrected chi connectivity index (χ0v) is 15.7. The first-order valence-corrected chi connectivity index (χ1v) is 9.15. The number of likely N-dealkylation sites (tertiary alicyclic amines) is 1. The maximum Gasteiger partial charge on any atom is 0.320 e. The SMILES string of the molecule is CC(C)c1ccc(C(NC(=O)CN2CCCC2C(=O)O)C(C)C)cc1. The van der Waals surface area contributed by atoms with Crippen molar-refractivity contribution < 1.29 is 14.7 Å². The van der Waals surface area contributed by atoms with Crippen LogP contribution in [0.1, 0.15) is 63.6 Å². The van der Waals surface area contributed by atoms with E-state index in [0.717, 1.165) is 12.0 Å². The van der Waals surface area contributed by atoms with Crippen LogP contribution in [0.5, 0.6) is 0 Å². The highest BCUT2D eigenvalue weighted by atomic mass is 16.4. The first-order chi connectivity index (χ1) is 11.8. The molecule has 2 atom stereocenters. The summed E-state index contributed by atoms with van der Waals surface area (Å²) in [6.07, 6.45) is 1.45. The molecule has 0 aliphatic carbocycles. The standard InChI is InChI=1S/C20H30N2O3/c1-13(2)15-7-9-16(10-8-15)19(14(3)4)21-18(23)12-22-11-5-6-17(22)20(24)25/h7-10,13-14,17,19H,5-6,11-12H2,1-4H3,(H,21,23)(H,24,25). The largest absolute Gasteiger partial charge is 0.480 e. The number of nitrogens with one attached hydrogen (secondary N) is 1. The van der Waals surface area contributed by atoms with E-state index in [4.69, 9.17) is 0 Å². The van der Waals surface area contributed by atoms with Crippen molar-refractivity contribution in [1.29, 1.82) is 0 Å². The molecule has 2 rings (SSSR count). The third kappa shape index (κ3) is 5.05. The van der Waals surface area contributed by atoms with Crippen LogP contribution in [-0.4, -0.2) is 41.0 Å². The molecule has 0 saturated carbocycles. The third-order valence-electron chi connectivity index (χ3n) is 4.94. The van der Waals surface area contributed by atoms with Crippen molar-refractivity contribution in [3.05, 3.63) is 35.4 Å². The van der Waals surface area contributed by atoms with E-state index in [9.17, 15) is 14.7 Å². The van der Waals surface area contributed by atoms with Crippen molar-refractivity contribution in [2.45, 2.75) is 58.5 Å². The van der Waals surface area contributed by atoms with E-state index >= 15 is 0 Å². The molecule has 25 heavy (non-hydrogen) atoms. The number of amides is 1. The molecule has 5 nitrogen and oxygen atoms in total. The van der Waals surface area contributed by atoms with Gasteiger partial charge in [-0.05, 0) is 42.3 Å². The van der Waals surface area contributed by atoms with Crippen molar-refractivity contribution >= 4 is 11.9 Å². The van der Waals surface area contributed by atoms with Crippen molar-refractivity contribution in [1.82, 2.24) is 10.2 Å². The molecule has 2 unspecified atom stereocenters. The lowest BCUT2D eigenvalue weighted by atomic mass is 9.93. The highest BCUT2D eigenvalue weighted by Crippen LogP contribution is 2.24. The summed E-state index contributed by atoms with van der Waals surface area (Å²) >= 11 is 0. The molecule has 1 heterocycles. The Balaban J connectivity index is 2.03. The summed E-state index contributed by atoms with van der Waals surface area (Å²) in [5.41, 5.74) is 2.36. The number of aliphatic carboxylic acids is 1. The van der Waals surface area contributed by atoms with Gasteiger partial charge in [0, 0.05) is 0 Å². The molecule has 1 saturated heterocycles. The Hall–Kier alpha value is -1.88. The second kappa shape index (κ2) is 8.48. The minimum absolute atomic E-state index is 0.0698. The van der Waals surface area contributed by atoms with Crippen LogP contribution in [0.15, 0.2) is 24.3 Å². The first-order valence-electron chi connectivity index (χ1n) is 9.15. The Morgan fingerprint density at radius 3 is 2.28 bits per heavy atom. The highest BCUT2D eigenvalue weighted by molar-refractivity contribution is 5.80. The number of hydrogen-bond donors (Lipinski definition) is 2. The Labute approximate surface area is 150 Å². The molecule has 0 aromatic heterocycles. The van der Waals surface area contributed by atoms with Gasteiger partial charge in [0.05, 0.1) is 12.6 Å². The maximum atomic E-state index is 12.5. The molecule has 1 fully saturated rings. The molecule has 2 N–H and O–H groups in total. The average molecular weight is 346 g/mol. The molecule has 1 aliphatic rings. The maximum absolute atomic E-state index is 12.5. The van der Waals surface area contributed by atoms with E-state index in [2.05, 4.69) is 57.3 Å². The van der Waals surface area contributed by atoms with Gasteiger partial charge in [-0.2, -0.15) is 0 Å². The number of carbonyl (C=O) groups is 2. The van der Waals surface area contributed by atoms with Crippen LogP contribution >= 0.6 is 0 Å². The van der Waals surface area contributed by atoms with Gasteiger partial charge in [-0.1, -0.05) is 52.0 Å². The molecule has 1 aliphatic heterocycles. The van der Waals surface area contributed by atoms with Gasteiger partial charge in [0.2, 0.25) is 5.91 Å². The number of carboxylic acid groups (broad SMARTS) is 1. The van der Waals surface area contributed by atoms with Crippen LogP contribution < -0.4 is 5.32 Å². The number of rotatable bonds is 7. The van der Waals surface area contributed by atoms with Crippen LogP contribution in [0.3, 0.4) is 0 Å².